The van der Waals surface area contributed by atoms with Crippen LogP contribution in [0.15, 0.2) is 12.8 Å². The van der Waals surface area contributed by atoms with Crippen LogP contribution in [0.5, 0.6) is 0 Å². The van der Waals surface area contributed by atoms with Crippen LogP contribution in [0.3, 0.4) is 0 Å². The van der Waals surface area contributed by atoms with Crippen molar-refractivity contribution in [2.45, 2.75) is 6.92 Å². The Morgan fingerprint density at radius 3 is 1.92 bits per heavy atom. The molecular formula is C5H9MnNO4S2. The number of amides is 1. The van der Waals surface area contributed by atoms with Crippen molar-refractivity contribution in [3.05, 3.63) is 12.8 Å². The Morgan fingerprint density at radius 1 is 1.54 bits per heavy atom. The molecule has 0 rings (SSSR count). The van der Waals surface area contributed by atoms with E-state index in [1.165, 1.54) is 0 Å². The van der Waals surface area contributed by atoms with Crippen LogP contribution in [0, 0.1) is 0 Å². The van der Waals surface area contributed by atoms with Crippen molar-refractivity contribution in [3.8, 4) is 0 Å². The van der Waals surface area contributed by atoms with Gasteiger partial charge in [0.15, 0.2) is 0 Å². The van der Waals surface area contributed by atoms with Crippen LogP contribution in [0.4, 0.5) is 4.79 Å². The van der Waals surface area contributed by atoms with Gasteiger partial charge in [0.1, 0.15) is 0 Å². The van der Waals surface area contributed by atoms with E-state index in [0.717, 1.165) is 13.2 Å². The number of rotatable bonds is 1. The quantitative estimate of drug-likeness (QED) is 0.381. The average molecular weight is 266 g/mol. The van der Waals surface area contributed by atoms with Crippen LogP contribution < -0.4 is 0 Å². The third-order valence-electron chi connectivity index (χ3n) is 0.347. The van der Waals surface area contributed by atoms with Gasteiger partial charge in [0.25, 0.3) is 5.97 Å². The number of ether oxygens (including phenoxy) is 1. The second-order valence-corrected chi connectivity index (χ2v) is 2.47. The largest absolute Gasteiger partial charge is 0.481 e. The number of carbonyl (C=O) groups is 2. The maximum atomic E-state index is 10.2. The van der Waals surface area contributed by atoms with Gasteiger partial charge in [-0.15, -0.1) is 0 Å². The number of thiol groups is 2. The van der Waals surface area contributed by atoms with Gasteiger partial charge < -0.3 is 9.84 Å². The fraction of sp³-hybridized carbons (Fsp3) is 0.200. The third-order valence-corrected chi connectivity index (χ3v) is 0.674. The van der Waals surface area contributed by atoms with E-state index in [-0.39, 0.29) is 17.1 Å². The van der Waals surface area contributed by atoms with Gasteiger partial charge in [-0.3, -0.25) is 4.79 Å². The Hall–Kier alpha value is -0.301. The summed E-state index contributed by atoms with van der Waals surface area (Å²) in [7, 11) is 0. The number of aliphatic carboxylic acids is 1. The average Bonchev–Trinajstić information content (AvgIpc) is 1.86. The first-order valence-corrected chi connectivity index (χ1v) is 3.40. The molecule has 77 valence electrons. The fourth-order valence-corrected chi connectivity index (χ4v) is 0.213. The van der Waals surface area contributed by atoms with Gasteiger partial charge >= 0.3 is 6.09 Å². The molecule has 0 aromatic carbocycles. The molecule has 0 bridgehead atoms. The Labute approximate surface area is 97.7 Å². The molecule has 1 amide bonds. The minimum atomic E-state index is -0.833. The van der Waals surface area contributed by atoms with Crippen LogP contribution >= 0.6 is 25.6 Å². The molecule has 0 unspecified atom stereocenters. The fourth-order valence-electron chi connectivity index (χ4n) is 0.118. The Kier molecular flexibility index (Phi) is 16.6. The van der Waals surface area contributed by atoms with Gasteiger partial charge in [-0.25, -0.2) is 4.79 Å². The molecule has 0 spiro atoms. The molecular weight excluding hydrogens is 257 g/mol. The van der Waals surface area contributed by atoms with E-state index < -0.39 is 12.1 Å². The summed E-state index contributed by atoms with van der Waals surface area (Å²) in [6, 6.07) is 0. The van der Waals surface area contributed by atoms with Gasteiger partial charge in [0.2, 0.25) is 0 Å². The number of carboxylic acid groups (broad SMARTS) is 1. The van der Waals surface area contributed by atoms with Gasteiger partial charge in [0.05, 0.1) is 6.26 Å². The summed E-state index contributed by atoms with van der Waals surface area (Å²) in [4.78, 5) is 19.2. The maximum Gasteiger partial charge on any atom is 0.434 e. The van der Waals surface area contributed by atoms with E-state index in [1.807, 2.05) is 0 Å². The van der Waals surface area contributed by atoms with Crippen molar-refractivity contribution in [3.63, 3.8) is 0 Å². The number of carboxylic acids is 1. The molecule has 13 heavy (non-hydrogen) atoms. The molecule has 0 aromatic heterocycles. The number of hydrogen-bond donors (Lipinski definition) is 3. The summed E-state index contributed by atoms with van der Waals surface area (Å²) in [6.07, 6.45) is 0.327. The standard InChI is InChI=1S/C3H5NO2S2.C2H4O2.Mn/c1-2-6-3(5)4(7)8;1-2(3)4;/h2,7-8H,1H2;1H3,(H,3,4);. The molecule has 5 nitrogen and oxygen atoms in total. The van der Waals surface area contributed by atoms with Crippen LogP contribution in [-0.4, -0.2) is 20.9 Å². The molecule has 0 heterocycles. The maximum absolute atomic E-state index is 10.2. The molecule has 0 saturated heterocycles. The van der Waals surface area contributed by atoms with Gasteiger partial charge in [-0.1, -0.05) is 6.58 Å². The van der Waals surface area contributed by atoms with E-state index in [9.17, 15) is 4.79 Å². The minimum Gasteiger partial charge on any atom is -0.481 e. The number of nitrogens with zero attached hydrogens (tertiary/aromatic N) is 1. The molecule has 0 aliphatic heterocycles. The minimum absolute atomic E-state index is 0. The van der Waals surface area contributed by atoms with E-state index >= 15 is 0 Å². The first-order valence-electron chi connectivity index (χ1n) is 2.60. The smallest absolute Gasteiger partial charge is 0.434 e. The monoisotopic (exact) mass is 266 g/mol. The Morgan fingerprint density at radius 2 is 1.85 bits per heavy atom. The zero-order valence-electron chi connectivity index (χ0n) is 6.68. The van der Waals surface area contributed by atoms with Gasteiger partial charge in [-0.2, -0.15) is 3.71 Å². The summed E-state index contributed by atoms with van der Waals surface area (Å²) < 4.78 is 4.91. The molecule has 0 saturated carbocycles. The topological polar surface area (TPSA) is 66.8 Å². The van der Waals surface area contributed by atoms with Crippen molar-refractivity contribution in [2.24, 2.45) is 0 Å². The molecule has 0 aromatic rings. The molecule has 0 aliphatic rings. The number of hydrogen-bond acceptors (Lipinski definition) is 5. The summed E-state index contributed by atoms with van der Waals surface area (Å²) in [6.45, 7) is 4.23. The number of carbonyl (C=O) groups excluding carboxylic acids is 1. The van der Waals surface area contributed by atoms with Crippen LogP contribution in [0.25, 0.3) is 0 Å². The van der Waals surface area contributed by atoms with E-state index in [2.05, 4.69) is 36.9 Å². The molecule has 0 aliphatic carbocycles. The van der Waals surface area contributed by atoms with Crippen molar-refractivity contribution >= 4 is 37.7 Å². The van der Waals surface area contributed by atoms with Crippen molar-refractivity contribution in [1.29, 1.82) is 0 Å². The summed E-state index contributed by atoms with van der Waals surface area (Å²) in [5.41, 5.74) is 0. The van der Waals surface area contributed by atoms with E-state index in [0.29, 0.717) is 3.71 Å². The van der Waals surface area contributed by atoms with Crippen LogP contribution in [-0.2, 0) is 26.6 Å². The molecule has 0 fully saturated rings. The Balaban J connectivity index is -0.000000173. The van der Waals surface area contributed by atoms with Crippen LogP contribution in [0.2, 0.25) is 0 Å². The second-order valence-electron chi connectivity index (χ2n) is 1.36. The van der Waals surface area contributed by atoms with Crippen LogP contribution in [0.1, 0.15) is 6.92 Å². The zero-order chi connectivity index (χ0) is 10.1. The molecule has 1 radical (unpaired) electrons. The van der Waals surface area contributed by atoms with Gasteiger partial charge in [-0.05, 0) is 25.6 Å². The molecule has 1 N–H and O–H groups in total. The summed E-state index contributed by atoms with van der Waals surface area (Å²) in [5, 5.41) is 7.42. The predicted octanol–water partition coefficient (Wildman–Crippen LogP) is 1.35. The Bertz CT molecular complexity index is 172. The van der Waals surface area contributed by atoms with Gasteiger partial charge in [0, 0.05) is 24.0 Å². The van der Waals surface area contributed by atoms with Crippen molar-refractivity contribution in [2.75, 3.05) is 0 Å². The zero-order valence-corrected chi connectivity index (χ0v) is 9.65. The first-order chi connectivity index (χ1) is 5.41. The normalized spacial score (nSPS) is 6.69. The first kappa shape index (κ1) is 18.5. The summed E-state index contributed by atoms with van der Waals surface area (Å²) >= 11 is 7.00. The van der Waals surface area contributed by atoms with E-state index in [1.54, 1.807) is 0 Å². The molecule has 8 heteroatoms. The SMILES string of the molecule is C=COC(=O)N(S)S.CC(=O)O.[Mn]. The second kappa shape index (κ2) is 11.7. The van der Waals surface area contributed by atoms with Crippen molar-refractivity contribution < 1.29 is 36.5 Å². The van der Waals surface area contributed by atoms with E-state index in [4.69, 9.17) is 9.90 Å². The third kappa shape index (κ3) is 24.5. The van der Waals surface area contributed by atoms with Crippen molar-refractivity contribution in [1.82, 2.24) is 3.71 Å². The predicted molar refractivity (Wildman–Crippen MR) is 49.8 cm³/mol. The summed E-state index contributed by atoms with van der Waals surface area (Å²) in [5.74, 6) is -0.833. The molecule has 0 atom stereocenters.